The first-order valence-corrected chi connectivity index (χ1v) is 6.44. The molecule has 0 aliphatic carbocycles. The highest BCUT2D eigenvalue weighted by Crippen LogP contribution is 2.31. The van der Waals surface area contributed by atoms with Crippen molar-refractivity contribution in [3.05, 3.63) is 53.1 Å². The minimum Gasteiger partial charge on any atom is -0.497 e. The number of ether oxygens (including phenoxy) is 1. The van der Waals surface area contributed by atoms with Crippen LogP contribution in [0.4, 0.5) is 0 Å². The predicted octanol–water partition coefficient (Wildman–Crippen LogP) is 4.37. The van der Waals surface area contributed by atoms with E-state index in [9.17, 15) is 0 Å². The molecule has 18 heavy (non-hydrogen) atoms. The Morgan fingerprint density at radius 2 is 1.78 bits per heavy atom. The van der Waals surface area contributed by atoms with Gasteiger partial charge in [-0.3, -0.25) is 0 Å². The molecule has 0 aromatic heterocycles. The maximum Gasteiger partial charge on any atom is 0.118 e. The van der Waals surface area contributed by atoms with Gasteiger partial charge in [-0.05, 0) is 42.5 Å². The van der Waals surface area contributed by atoms with Crippen molar-refractivity contribution >= 4 is 23.4 Å². The number of methoxy groups -OCH3 is 1. The van der Waals surface area contributed by atoms with E-state index in [0.29, 0.717) is 10.6 Å². The number of nitriles is 1. The monoisotopic (exact) mass is 275 g/mol. The van der Waals surface area contributed by atoms with Crippen LogP contribution in [-0.2, 0) is 0 Å². The van der Waals surface area contributed by atoms with Gasteiger partial charge in [0.1, 0.15) is 11.8 Å². The number of hydrogen-bond acceptors (Lipinski definition) is 3. The lowest BCUT2D eigenvalue weighted by molar-refractivity contribution is 0.414. The van der Waals surface area contributed by atoms with E-state index in [1.807, 2.05) is 36.4 Å². The molecular weight excluding hydrogens is 266 g/mol. The van der Waals surface area contributed by atoms with E-state index in [-0.39, 0.29) is 0 Å². The van der Waals surface area contributed by atoms with Crippen molar-refractivity contribution in [3.63, 3.8) is 0 Å². The summed E-state index contributed by atoms with van der Waals surface area (Å²) in [6.07, 6.45) is 0. The normalized spacial score (nSPS) is 9.83. The topological polar surface area (TPSA) is 33.0 Å². The standard InChI is InChI=1S/C14H10ClNOS/c1-17-11-3-6-12(7-4-11)18-13-5-2-10(9-16)14(15)8-13/h2-8H,1H3. The summed E-state index contributed by atoms with van der Waals surface area (Å²) in [5.41, 5.74) is 0.496. The van der Waals surface area contributed by atoms with E-state index < -0.39 is 0 Å². The molecule has 2 aromatic carbocycles. The zero-order chi connectivity index (χ0) is 13.0. The van der Waals surface area contributed by atoms with Crippen LogP contribution in [-0.4, -0.2) is 7.11 Å². The van der Waals surface area contributed by atoms with Crippen molar-refractivity contribution in [1.29, 1.82) is 5.26 Å². The Labute approximate surface area is 115 Å². The van der Waals surface area contributed by atoms with Gasteiger partial charge in [0.2, 0.25) is 0 Å². The van der Waals surface area contributed by atoms with Gasteiger partial charge in [-0.1, -0.05) is 23.4 Å². The van der Waals surface area contributed by atoms with Crippen LogP contribution in [0, 0.1) is 11.3 Å². The Bertz CT molecular complexity index is 590. The third-order valence-corrected chi connectivity index (χ3v) is 3.67. The maximum atomic E-state index is 8.80. The summed E-state index contributed by atoms with van der Waals surface area (Å²) in [7, 11) is 1.64. The number of halogens is 1. The third-order valence-electron chi connectivity index (χ3n) is 2.36. The molecular formula is C14H10ClNOS. The number of rotatable bonds is 3. The Kier molecular flexibility index (Phi) is 4.14. The molecule has 2 nitrogen and oxygen atoms in total. The van der Waals surface area contributed by atoms with Gasteiger partial charge in [0, 0.05) is 9.79 Å². The average Bonchev–Trinajstić information content (AvgIpc) is 2.40. The molecule has 0 N–H and O–H groups in total. The smallest absolute Gasteiger partial charge is 0.118 e. The molecule has 0 unspecified atom stereocenters. The first kappa shape index (κ1) is 12.8. The van der Waals surface area contributed by atoms with E-state index in [1.165, 1.54) is 0 Å². The van der Waals surface area contributed by atoms with Crippen LogP contribution in [0.3, 0.4) is 0 Å². The second-order valence-electron chi connectivity index (χ2n) is 3.53. The fourth-order valence-corrected chi connectivity index (χ4v) is 2.57. The quantitative estimate of drug-likeness (QED) is 0.834. The zero-order valence-corrected chi connectivity index (χ0v) is 11.3. The highest BCUT2D eigenvalue weighted by atomic mass is 35.5. The summed E-state index contributed by atoms with van der Waals surface area (Å²) in [5.74, 6) is 0.831. The Hall–Kier alpha value is -1.63. The van der Waals surface area contributed by atoms with Crippen LogP contribution in [0.5, 0.6) is 5.75 Å². The molecule has 2 rings (SSSR count). The molecule has 4 heteroatoms. The molecule has 0 heterocycles. The van der Waals surface area contributed by atoms with Crippen molar-refractivity contribution in [1.82, 2.24) is 0 Å². The van der Waals surface area contributed by atoms with Gasteiger partial charge in [-0.25, -0.2) is 0 Å². The van der Waals surface area contributed by atoms with E-state index in [2.05, 4.69) is 0 Å². The van der Waals surface area contributed by atoms with Crippen LogP contribution in [0.25, 0.3) is 0 Å². The Morgan fingerprint density at radius 1 is 1.11 bits per heavy atom. The molecule has 90 valence electrons. The first-order valence-electron chi connectivity index (χ1n) is 5.24. The second-order valence-corrected chi connectivity index (χ2v) is 5.09. The first-order chi connectivity index (χ1) is 8.72. The molecule has 0 aliphatic rings. The molecule has 2 aromatic rings. The van der Waals surface area contributed by atoms with Crippen molar-refractivity contribution in [2.24, 2.45) is 0 Å². The molecule has 0 bridgehead atoms. The highest BCUT2D eigenvalue weighted by molar-refractivity contribution is 7.99. The summed E-state index contributed by atoms with van der Waals surface area (Å²) in [6.45, 7) is 0. The SMILES string of the molecule is COc1ccc(Sc2ccc(C#N)c(Cl)c2)cc1. The zero-order valence-electron chi connectivity index (χ0n) is 9.68. The third kappa shape index (κ3) is 2.98. The van der Waals surface area contributed by atoms with Crippen LogP contribution in [0.2, 0.25) is 5.02 Å². The predicted molar refractivity (Wildman–Crippen MR) is 73.3 cm³/mol. The van der Waals surface area contributed by atoms with Gasteiger partial charge in [0.05, 0.1) is 17.7 Å². The van der Waals surface area contributed by atoms with E-state index in [1.54, 1.807) is 31.0 Å². The van der Waals surface area contributed by atoms with Gasteiger partial charge in [0.15, 0.2) is 0 Å². The maximum absolute atomic E-state index is 8.80. The van der Waals surface area contributed by atoms with Crippen LogP contribution in [0.15, 0.2) is 52.3 Å². The minimum atomic E-state index is 0.482. The summed E-state index contributed by atoms with van der Waals surface area (Å²) in [5, 5.41) is 9.28. The van der Waals surface area contributed by atoms with Crippen molar-refractivity contribution < 1.29 is 4.74 Å². The van der Waals surface area contributed by atoms with Crippen LogP contribution < -0.4 is 4.74 Å². The molecule has 0 fully saturated rings. The lowest BCUT2D eigenvalue weighted by Crippen LogP contribution is -1.82. The summed E-state index contributed by atoms with van der Waals surface area (Å²) < 4.78 is 5.10. The molecule has 0 saturated heterocycles. The Balaban J connectivity index is 2.18. The molecule has 0 amide bonds. The van der Waals surface area contributed by atoms with Gasteiger partial charge in [-0.15, -0.1) is 0 Å². The van der Waals surface area contributed by atoms with Gasteiger partial charge in [0.25, 0.3) is 0 Å². The number of benzene rings is 2. The summed E-state index contributed by atoms with van der Waals surface area (Å²) in [6, 6.07) is 15.2. The van der Waals surface area contributed by atoms with Crippen LogP contribution >= 0.6 is 23.4 Å². The van der Waals surface area contributed by atoms with Gasteiger partial charge < -0.3 is 4.74 Å². The fourth-order valence-electron chi connectivity index (χ4n) is 1.43. The average molecular weight is 276 g/mol. The molecule has 0 atom stereocenters. The summed E-state index contributed by atoms with van der Waals surface area (Å²) >= 11 is 7.58. The molecule has 0 radical (unpaired) electrons. The minimum absolute atomic E-state index is 0.482. The van der Waals surface area contributed by atoms with Crippen molar-refractivity contribution in [2.75, 3.05) is 7.11 Å². The number of hydrogen-bond donors (Lipinski definition) is 0. The van der Waals surface area contributed by atoms with E-state index in [0.717, 1.165) is 15.5 Å². The molecule has 0 aliphatic heterocycles. The fraction of sp³-hybridized carbons (Fsp3) is 0.0714. The van der Waals surface area contributed by atoms with E-state index in [4.69, 9.17) is 21.6 Å². The van der Waals surface area contributed by atoms with Gasteiger partial charge in [-0.2, -0.15) is 5.26 Å². The van der Waals surface area contributed by atoms with Crippen molar-refractivity contribution in [3.8, 4) is 11.8 Å². The van der Waals surface area contributed by atoms with Gasteiger partial charge >= 0.3 is 0 Å². The highest BCUT2D eigenvalue weighted by Gasteiger charge is 2.03. The van der Waals surface area contributed by atoms with Crippen molar-refractivity contribution in [2.45, 2.75) is 9.79 Å². The molecule has 0 saturated carbocycles. The number of nitrogens with zero attached hydrogens (tertiary/aromatic N) is 1. The van der Waals surface area contributed by atoms with Crippen LogP contribution in [0.1, 0.15) is 5.56 Å². The summed E-state index contributed by atoms with van der Waals surface area (Å²) in [4.78, 5) is 2.10. The molecule has 0 spiro atoms. The van der Waals surface area contributed by atoms with E-state index >= 15 is 0 Å². The Morgan fingerprint density at radius 3 is 2.33 bits per heavy atom. The lowest BCUT2D eigenvalue weighted by atomic mass is 10.2. The second kappa shape index (κ2) is 5.81. The lowest BCUT2D eigenvalue weighted by Gasteiger charge is -2.04. The largest absolute Gasteiger partial charge is 0.497 e.